The molecule has 0 aliphatic carbocycles. The number of fused-ring (bicyclic) bond motifs is 1. The number of nitrogens with one attached hydrogen (secondary N) is 1. The first kappa shape index (κ1) is 23.5. The molecular formula is C25H20IN3O5S. The number of anilines is 1. The van der Waals surface area contributed by atoms with Crippen molar-refractivity contribution in [3.8, 4) is 17.2 Å². The summed E-state index contributed by atoms with van der Waals surface area (Å²) in [6.45, 7) is 3.72. The molecule has 5 rings (SSSR count). The smallest absolute Gasteiger partial charge is 0.294 e. The number of hydrogen-bond donors (Lipinski definition) is 1. The molecule has 35 heavy (non-hydrogen) atoms. The van der Waals surface area contributed by atoms with E-state index in [1.807, 2.05) is 44.2 Å². The number of aromatic nitrogens is 1. The fourth-order valence-corrected chi connectivity index (χ4v) is 5.21. The van der Waals surface area contributed by atoms with Crippen molar-refractivity contribution < 1.29 is 23.9 Å². The highest BCUT2D eigenvalue weighted by Gasteiger charge is 2.36. The zero-order chi connectivity index (χ0) is 24.7. The van der Waals surface area contributed by atoms with Gasteiger partial charge in [0.25, 0.3) is 11.1 Å². The van der Waals surface area contributed by atoms with Gasteiger partial charge in [0.2, 0.25) is 12.7 Å². The lowest BCUT2D eigenvalue weighted by molar-refractivity contribution is -0.127. The summed E-state index contributed by atoms with van der Waals surface area (Å²) in [6.07, 6.45) is 1.71. The summed E-state index contributed by atoms with van der Waals surface area (Å²) in [5, 5.41) is 2.21. The van der Waals surface area contributed by atoms with Crippen LogP contribution < -0.4 is 14.8 Å². The first-order valence-electron chi connectivity index (χ1n) is 10.7. The van der Waals surface area contributed by atoms with E-state index in [9.17, 15) is 14.4 Å². The Bertz CT molecular complexity index is 1400. The number of rotatable bonds is 5. The molecule has 2 aliphatic heterocycles. The van der Waals surface area contributed by atoms with Gasteiger partial charge in [-0.25, -0.2) is 0 Å². The molecule has 0 saturated carbocycles. The third-order valence-corrected chi connectivity index (χ3v) is 7.30. The second kappa shape index (κ2) is 9.42. The highest BCUT2D eigenvalue weighted by molar-refractivity contribution is 14.1. The molecule has 10 heteroatoms. The van der Waals surface area contributed by atoms with Crippen LogP contribution in [0.1, 0.15) is 17.0 Å². The van der Waals surface area contributed by atoms with Crippen LogP contribution in [0.2, 0.25) is 0 Å². The van der Waals surface area contributed by atoms with Gasteiger partial charge in [0, 0.05) is 32.4 Å². The van der Waals surface area contributed by atoms with E-state index in [4.69, 9.17) is 9.47 Å². The molecule has 178 valence electrons. The number of imide groups is 1. The molecule has 0 bridgehead atoms. The van der Waals surface area contributed by atoms with Crippen molar-refractivity contribution in [2.45, 2.75) is 13.8 Å². The standard InChI is InChI=1S/C25H20IN3O5S/c1-14-9-16(15(2)29(14)19-6-3-17(26)4-7-19)10-22-24(31)28(25(32)35-22)12-23(30)27-18-5-8-20-21(11-18)34-13-33-20/h3-11H,12-13H2,1-2H3,(H,27,30). The quantitative estimate of drug-likeness (QED) is 0.324. The third-order valence-electron chi connectivity index (χ3n) is 5.67. The highest BCUT2D eigenvalue weighted by atomic mass is 127. The van der Waals surface area contributed by atoms with Gasteiger partial charge in [0.1, 0.15) is 6.54 Å². The topological polar surface area (TPSA) is 89.9 Å². The lowest BCUT2D eigenvalue weighted by Crippen LogP contribution is -2.36. The lowest BCUT2D eigenvalue weighted by Gasteiger charge is -2.12. The second-order valence-corrected chi connectivity index (χ2v) is 10.3. The van der Waals surface area contributed by atoms with E-state index < -0.39 is 17.1 Å². The van der Waals surface area contributed by atoms with Crippen LogP contribution in [-0.4, -0.2) is 39.9 Å². The third kappa shape index (κ3) is 4.67. The maximum Gasteiger partial charge on any atom is 0.294 e. The second-order valence-electron chi connectivity index (χ2n) is 8.02. The summed E-state index contributed by atoms with van der Waals surface area (Å²) in [5.41, 5.74) is 4.32. The van der Waals surface area contributed by atoms with E-state index in [-0.39, 0.29) is 18.2 Å². The summed E-state index contributed by atoms with van der Waals surface area (Å²) < 4.78 is 13.8. The summed E-state index contributed by atoms with van der Waals surface area (Å²) >= 11 is 3.10. The molecule has 3 aromatic rings. The van der Waals surface area contributed by atoms with Gasteiger partial charge in [-0.05, 0) is 102 Å². The molecule has 1 aromatic heterocycles. The maximum absolute atomic E-state index is 13.0. The Morgan fingerprint density at radius 3 is 2.60 bits per heavy atom. The normalized spacial score (nSPS) is 15.9. The molecule has 1 N–H and O–H groups in total. The highest BCUT2D eigenvalue weighted by Crippen LogP contribution is 2.35. The SMILES string of the molecule is Cc1cc(C=C2SC(=O)N(CC(=O)Nc3ccc4c(c3)OCO4)C2=O)c(C)n1-c1ccc(I)cc1. The molecule has 1 saturated heterocycles. The predicted molar refractivity (Wildman–Crippen MR) is 142 cm³/mol. The van der Waals surface area contributed by atoms with Crippen molar-refractivity contribution in [2.24, 2.45) is 0 Å². The summed E-state index contributed by atoms with van der Waals surface area (Å²) in [7, 11) is 0. The number of carbonyl (C=O) groups excluding carboxylic acids is 3. The first-order chi connectivity index (χ1) is 16.8. The number of aryl methyl sites for hydroxylation is 1. The minimum Gasteiger partial charge on any atom is -0.454 e. The predicted octanol–water partition coefficient (Wildman–Crippen LogP) is 5.10. The molecule has 0 spiro atoms. The number of amides is 3. The van der Waals surface area contributed by atoms with Gasteiger partial charge in [-0.1, -0.05) is 0 Å². The Labute approximate surface area is 219 Å². The van der Waals surface area contributed by atoms with Crippen LogP contribution in [0.3, 0.4) is 0 Å². The average Bonchev–Trinajstić information content (AvgIpc) is 3.47. The largest absolute Gasteiger partial charge is 0.454 e. The number of carbonyl (C=O) groups is 3. The minimum absolute atomic E-state index is 0.128. The first-order valence-corrected chi connectivity index (χ1v) is 12.6. The van der Waals surface area contributed by atoms with Gasteiger partial charge in [-0.15, -0.1) is 0 Å². The fourth-order valence-electron chi connectivity index (χ4n) is 4.02. The average molecular weight is 601 g/mol. The monoisotopic (exact) mass is 601 g/mol. The van der Waals surface area contributed by atoms with Crippen LogP contribution in [0.25, 0.3) is 11.8 Å². The van der Waals surface area contributed by atoms with Crippen molar-refractivity contribution in [3.63, 3.8) is 0 Å². The molecule has 3 amide bonds. The molecular weight excluding hydrogens is 581 g/mol. The van der Waals surface area contributed by atoms with Gasteiger partial charge in [0.15, 0.2) is 11.5 Å². The number of halogens is 1. The number of thioether (sulfide) groups is 1. The molecule has 0 unspecified atom stereocenters. The molecule has 1 fully saturated rings. The molecule has 2 aliphatic rings. The maximum atomic E-state index is 13.0. The Morgan fingerprint density at radius 2 is 1.83 bits per heavy atom. The Balaban J connectivity index is 1.31. The van der Waals surface area contributed by atoms with Crippen molar-refractivity contribution in [1.82, 2.24) is 9.47 Å². The van der Waals surface area contributed by atoms with Gasteiger partial charge >= 0.3 is 0 Å². The van der Waals surface area contributed by atoms with E-state index in [0.29, 0.717) is 17.2 Å². The van der Waals surface area contributed by atoms with E-state index >= 15 is 0 Å². The van der Waals surface area contributed by atoms with Crippen molar-refractivity contribution in [3.05, 3.63) is 74.0 Å². The van der Waals surface area contributed by atoms with Crippen LogP contribution >= 0.6 is 34.4 Å². The van der Waals surface area contributed by atoms with E-state index in [2.05, 4.69) is 32.5 Å². The summed E-state index contributed by atoms with van der Waals surface area (Å²) in [6, 6.07) is 15.1. The lowest BCUT2D eigenvalue weighted by atomic mass is 10.2. The Kier molecular flexibility index (Phi) is 6.32. The minimum atomic E-state index is -0.486. The van der Waals surface area contributed by atoms with Crippen molar-refractivity contribution >= 4 is 63.2 Å². The molecule has 0 radical (unpaired) electrons. The van der Waals surface area contributed by atoms with Gasteiger partial charge in [0.05, 0.1) is 4.91 Å². The molecule has 2 aromatic carbocycles. The Morgan fingerprint density at radius 1 is 1.09 bits per heavy atom. The molecule has 8 nitrogen and oxygen atoms in total. The van der Waals surface area contributed by atoms with Crippen LogP contribution in [0, 0.1) is 17.4 Å². The van der Waals surface area contributed by atoms with Crippen LogP contribution in [-0.2, 0) is 9.59 Å². The van der Waals surface area contributed by atoms with Crippen LogP contribution in [0.4, 0.5) is 10.5 Å². The van der Waals surface area contributed by atoms with E-state index in [1.54, 1.807) is 24.3 Å². The number of hydrogen-bond acceptors (Lipinski definition) is 6. The molecule has 3 heterocycles. The zero-order valence-corrected chi connectivity index (χ0v) is 21.8. The Hall–Kier alpha value is -3.25. The van der Waals surface area contributed by atoms with Crippen LogP contribution in [0.5, 0.6) is 11.5 Å². The van der Waals surface area contributed by atoms with Gasteiger partial charge in [-0.3, -0.25) is 19.3 Å². The summed E-state index contributed by atoms with van der Waals surface area (Å²) in [4.78, 5) is 39.3. The van der Waals surface area contributed by atoms with Crippen molar-refractivity contribution in [1.29, 1.82) is 0 Å². The molecule has 0 atom stereocenters. The summed E-state index contributed by atoms with van der Waals surface area (Å²) in [5.74, 6) is 0.157. The fraction of sp³-hybridized carbons (Fsp3) is 0.160. The van der Waals surface area contributed by atoms with E-state index in [1.165, 1.54) is 0 Å². The van der Waals surface area contributed by atoms with Crippen molar-refractivity contribution in [2.75, 3.05) is 18.7 Å². The van der Waals surface area contributed by atoms with Gasteiger partial charge < -0.3 is 19.4 Å². The number of benzene rings is 2. The van der Waals surface area contributed by atoms with Crippen LogP contribution in [0.15, 0.2) is 53.4 Å². The van der Waals surface area contributed by atoms with Gasteiger partial charge in [-0.2, -0.15) is 0 Å². The number of ether oxygens (including phenoxy) is 2. The number of nitrogens with zero attached hydrogens (tertiary/aromatic N) is 2. The van der Waals surface area contributed by atoms with E-state index in [0.717, 1.165) is 42.9 Å². The zero-order valence-electron chi connectivity index (χ0n) is 18.8.